The Bertz CT molecular complexity index is 2170. The number of aromatic nitrogens is 4. The quantitative estimate of drug-likeness (QED) is 0.238. The molecule has 0 bridgehead atoms. The fraction of sp³-hybridized carbons (Fsp3) is 0.0882. The van der Waals surface area contributed by atoms with Crippen molar-refractivity contribution in [3.05, 3.63) is 115 Å². The summed E-state index contributed by atoms with van der Waals surface area (Å²) in [7, 11) is 0. The normalized spacial score (nSPS) is 13.3. The molecule has 4 aromatic carbocycles. The first-order valence-corrected chi connectivity index (χ1v) is 13.5. The third-order valence-corrected chi connectivity index (χ3v) is 8.28. The third-order valence-electron chi connectivity index (χ3n) is 8.28. The first-order valence-electron chi connectivity index (χ1n) is 13.5. The molecule has 1 aliphatic rings. The van der Waals surface area contributed by atoms with Crippen LogP contribution >= 0.6 is 0 Å². The Morgan fingerprint density at radius 1 is 0.667 bits per heavy atom. The van der Waals surface area contributed by atoms with Gasteiger partial charge in [0.1, 0.15) is 17.0 Å². The summed E-state index contributed by atoms with van der Waals surface area (Å²) in [5.41, 5.74) is 8.92. The van der Waals surface area contributed by atoms with Gasteiger partial charge >= 0.3 is 0 Å². The highest BCUT2D eigenvalue weighted by Crippen LogP contribution is 2.40. The molecule has 0 amide bonds. The molecule has 9 rings (SSSR count). The zero-order valence-electron chi connectivity index (χ0n) is 21.2. The second-order valence-electron chi connectivity index (χ2n) is 10.4. The van der Waals surface area contributed by atoms with E-state index in [0.29, 0.717) is 0 Å². The number of para-hydroxylation sites is 3. The minimum Gasteiger partial charge on any atom is -0.455 e. The molecule has 0 fully saturated rings. The second-order valence-corrected chi connectivity index (χ2v) is 10.4. The van der Waals surface area contributed by atoms with Crippen LogP contribution in [0.3, 0.4) is 0 Å². The summed E-state index contributed by atoms with van der Waals surface area (Å²) in [6, 6.07) is 36.9. The summed E-state index contributed by atoms with van der Waals surface area (Å²) >= 11 is 0. The van der Waals surface area contributed by atoms with E-state index in [1.807, 2.05) is 6.20 Å². The van der Waals surface area contributed by atoms with Gasteiger partial charge in [0.15, 0.2) is 0 Å². The average molecular weight is 505 g/mol. The van der Waals surface area contributed by atoms with E-state index < -0.39 is 0 Å². The zero-order chi connectivity index (χ0) is 25.5. The number of nitrogens with zero attached hydrogens (tertiary/aromatic N) is 4. The predicted molar refractivity (Wildman–Crippen MR) is 157 cm³/mol. The van der Waals surface area contributed by atoms with Crippen LogP contribution in [0.4, 0.5) is 0 Å². The predicted octanol–water partition coefficient (Wildman–Crippen LogP) is 8.28. The van der Waals surface area contributed by atoms with Crippen molar-refractivity contribution in [1.82, 2.24) is 18.9 Å². The van der Waals surface area contributed by atoms with Gasteiger partial charge in [0.25, 0.3) is 0 Å². The van der Waals surface area contributed by atoms with E-state index >= 15 is 0 Å². The van der Waals surface area contributed by atoms with Crippen molar-refractivity contribution in [2.75, 3.05) is 0 Å². The number of fused-ring (bicyclic) bond motifs is 9. The second kappa shape index (κ2) is 7.74. The molecule has 5 heterocycles. The van der Waals surface area contributed by atoms with Gasteiger partial charge in [-0.15, -0.1) is 0 Å². The van der Waals surface area contributed by atoms with Crippen molar-refractivity contribution in [1.29, 1.82) is 0 Å². The van der Waals surface area contributed by atoms with Crippen LogP contribution in [0.25, 0.3) is 66.5 Å². The van der Waals surface area contributed by atoms with Crippen LogP contribution in [-0.2, 0) is 13.0 Å². The number of furan rings is 1. The summed E-state index contributed by atoms with van der Waals surface area (Å²) in [5.74, 6) is 1.12. The molecule has 0 saturated carbocycles. The van der Waals surface area contributed by atoms with Gasteiger partial charge in [-0.3, -0.25) is 4.57 Å². The minimum atomic E-state index is 0.898. The van der Waals surface area contributed by atoms with E-state index in [-0.39, 0.29) is 0 Å². The summed E-state index contributed by atoms with van der Waals surface area (Å²) < 4.78 is 13.4. The first kappa shape index (κ1) is 21.0. The third kappa shape index (κ3) is 2.87. The summed E-state index contributed by atoms with van der Waals surface area (Å²) in [5, 5.41) is 9.36. The van der Waals surface area contributed by atoms with Crippen LogP contribution in [0, 0.1) is 0 Å². The molecule has 5 nitrogen and oxygen atoms in total. The van der Waals surface area contributed by atoms with E-state index in [9.17, 15) is 0 Å². The largest absolute Gasteiger partial charge is 0.455 e. The summed E-state index contributed by atoms with van der Waals surface area (Å²) in [4.78, 5) is 0. The van der Waals surface area contributed by atoms with Crippen molar-refractivity contribution in [3.63, 3.8) is 0 Å². The van der Waals surface area contributed by atoms with E-state index in [2.05, 4.69) is 122 Å². The molecule has 0 saturated heterocycles. The highest BCUT2D eigenvalue weighted by Gasteiger charge is 2.22. The van der Waals surface area contributed by atoms with E-state index in [1.54, 1.807) is 0 Å². The topological polar surface area (TPSA) is 40.8 Å². The summed E-state index contributed by atoms with van der Waals surface area (Å²) in [6.45, 7) is 0.934. The van der Waals surface area contributed by atoms with Crippen molar-refractivity contribution < 1.29 is 4.42 Å². The monoisotopic (exact) mass is 504 g/mol. The lowest BCUT2D eigenvalue weighted by atomic mass is 10.1. The van der Waals surface area contributed by atoms with Crippen LogP contribution in [-0.4, -0.2) is 18.9 Å². The van der Waals surface area contributed by atoms with Gasteiger partial charge in [-0.2, -0.15) is 5.10 Å². The Morgan fingerprint density at radius 2 is 1.46 bits per heavy atom. The van der Waals surface area contributed by atoms with Crippen molar-refractivity contribution in [2.45, 2.75) is 19.4 Å². The van der Waals surface area contributed by atoms with Crippen molar-refractivity contribution in [2.24, 2.45) is 0 Å². The molecule has 0 N–H and O–H groups in total. The van der Waals surface area contributed by atoms with Gasteiger partial charge in [-0.1, -0.05) is 48.5 Å². The Labute approximate surface area is 224 Å². The van der Waals surface area contributed by atoms with Gasteiger partial charge in [-0.25, -0.2) is 4.68 Å². The Balaban J connectivity index is 1.29. The number of benzene rings is 4. The maximum absolute atomic E-state index is 6.60. The number of rotatable bonds is 2. The van der Waals surface area contributed by atoms with Crippen LogP contribution in [0.15, 0.2) is 114 Å². The maximum atomic E-state index is 6.60. The Hall–Kier alpha value is -5.03. The van der Waals surface area contributed by atoms with Gasteiger partial charge in [-0.05, 0) is 61.4 Å². The van der Waals surface area contributed by atoms with Crippen LogP contribution in [0.2, 0.25) is 0 Å². The van der Waals surface area contributed by atoms with Gasteiger partial charge in [0.2, 0.25) is 0 Å². The molecular weight excluding hydrogens is 480 g/mol. The zero-order valence-corrected chi connectivity index (χ0v) is 21.2. The van der Waals surface area contributed by atoms with Gasteiger partial charge < -0.3 is 8.98 Å². The molecule has 39 heavy (non-hydrogen) atoms. The molecule has 0 aliphatic carbocycles. The molecule has 186 valence electrons. The fourth-order valence-corrected chi connectivity index (χ4v) is 6.58. The molecule has 0 radical (unpaired) electrons. The molecule has 5 heteroatoms. The Kier molecular flexibility index (Phi) is 4.16. The van der Waals surface area contributed by atoms with Crippen molar-refractivity contribution >= 4 is 43.7 Å². The molecule has 0 atom stereocenters. The van der Waals surface area contributed by atoms with E-state index in [4.69, 9.17) is 4.42 Å². The maximum Gasteiger partial charge on any atom is 0.144 e. The number of hydrogen-bond acceptors (Lipinski definition) is 2. The standard InChI is InChI=1S/C34H24N4O/c1-3-12-29-24(8-1)25-9-2-4-13-30(25)37(29)23-15-17-32-28(21-23)26-10-5-11-27(34(26)39-32)31-16-14-22-7-6-20-36-33(38(22)31)18-19-35-36/h1-5,8-19,21H,6-7,20H2. The van der Waals surface area contributed by atoms with E-state index in [1.165, 1.54) is 27.5 Å². The highest BCUT2D eigenvalue weighted by atomic mass is 16.3. The van der Waals surface area contributed by atoms with Crippen LogP contribution in [0.1, 0.15) is 12.1 Å². The minimum absolute atomic E-state index is 0.898. The number of hydrogen-bond donors (Lipinski definition) is 0. The molecule has 1 aliphatic heterocycles. The lowest BCUT2D eigenvalue weighted by molar-refractivity contribution is 0.590. The SMILES string of the molecule is c1cc(-c2ccc3n2-c2ccnn2CCC3)c2oc3ccc(-n4c5ccccc5c5ccccc54)cc3c2c1. The van der Waals surface area contributed by atoms with Crippen LogP contribution < -0.4 is 0 Å². The molecule has 8 aromatic rings. The smallest absolute Gasteiger partial charge is 0.144 e. The number of aryl methyl sites for hydroxylation is 2. The molecule has 4 aromatic heterocycles. The summed E-state index contributed by atoms with van der Waals surface area (Å²) in [6.07, 6.45) is 4.01. The molecule has 0 unspecified atom stereocenters. The van der Waals surface area contributed by atoms with Crippen molar-refractivity contribution in [3.8, 4) is 22.8 Å². The average Bonchev–Trinajstić information content (AvgIpc) is 3.74. The molecule has 0 spiro atoms. The lowest BCUT2D eigenvalue weighted by Crippen LogP contribution is -2.06. The Morgan fingerprint density at radius 3 is 2.31 bits per heavy atom. The first-order chi connectivity index (χ1) is 19.3. The molecular formula is C34H24N4O. The fourth-order valence-electron chi connectivity index (χ4n) is 6.58. The van der Waals surface area contributed by atoms with Crippen LogP contribution in [0.5, 0.6) is 0 Å². The lowest BCUT2D eigenvalue weighted by Gasteiger charge is -2.12. The van der Waals surface area contributed by atoms with Gasteiger partial charge in [0.05, 0.1) is 22.9 Å². The van der Waals surface area contributed by atoms with E-state index in [0.717, 1.165) is 64.1 Å². The highest BCUT2D eigenvalue weighted by molar-refractivity contribution is 6.12. The van der Waals surface area contributed by atoms with Gasteiger partial charge in [0, 0.05) is 51.1 Å².